The zero-order chi connectivity index (χ0) is 19.0. The number of hydrogen-bond donors (Lipinski definition) is 2. The summed E-state index contributed by atoms with van der Waals surface area (Å²) in [6.45, 7) is 2.76. The van der Waals surface area contributed by atoms with E-state index in [1.807, 2.05) is 22.6 Å². The van der Waals surface area contributed by atoms with E-state index >= 15 is 4.39 Å². The van der Waals surface area contributed by atoms with Gasteiger partial charge in [-0.1, -0.05) is 0 Å². The van der Waals surface area contributed by atoms with Crippen molar-refractivity contribution >= 4 is 45.6 Å². The Hall–Kier alpha value is -1.73. The number of rotatable bonds is 4. The minimum Gasteiger partial charge on any atom is -0.432 e. The molecule has 1 aliphatic rings. The Morgan fingerprint density at radius 1 is 1.54 bits per heavy atom. The predicted octanol–water partition coefficient (Wildman–Crippen LogP) is 1.78. The molecule has 2 aromatic heterocycles. The molecule has 0 aliphatic carbocycles. The van der Waals surface area contributed by atoms with Crippen LogP contribution in [0.25, 0.3) is 11.0 Å². The molecule has 1 fully saturated rings. The van der Waals surface area contributed by atoms with Crippen LogP contribution < -0.4 is 5.73 Å². The minimum atomic E-state index is -1.74. The van der Waals surface area contributed by atoms with Crippen LogP contribution in [0.2, 0.25) is 0 Å². The zero-order valence-corrected chi connectivity index (χ0v) is 16.2. The fourth-order valence-corrected chi connectivity index (χ4v) is 3.61. The summed E-state index contributed by atoms with van der Waals surface area (Å²) in [7, 11) is 0. The van der Waals surface area contributed by atoms with Crippen molar-refractivity contribution in [3.05, 3.63) is 16.1 Å². The lowest BCUT2D eigenvalue weighted by atomic mass is 10.1. The van der Waals surface area contributed by atoms with Crippen LogP contribution in [0.3, 0.4) is 0 Å². The second-order valence-corrected chi connectivity index (χ2v) is 7.20. The average molecular weight is 480 g/mol. The molecule has 0 aromatic carbocycles. The van der Waals surface area contributed by atoms with Crippen LogP contribution in [0.15, 0.2) is 12.5 Å². The van der Waals surface area contributed by atoms with Crippen LogP contribution in [0.1, 0.15) is 20.1 Å². The molecule has 0 saturated carbocycles. The molecule has 26 heavy (non-hydrogen) atoms. The minimum absolute atomic E-state index is 0.263. The third kappa shape index (κ3) is 3.42. The van der Waals surface area contributed by atoms with Gasteiger partial charge < -0.3 is 29.6 Å². The van der Waals surface area contributed by atoms with Gasteiger partial charge in [0.1, 0.15) is 23.9 Å². The fourth-order valence-electron chi connectivity index (χ4n) is 2.79. The third-order valence-electron chi connectivity index (χ3n) is 3.88. The van der Waals surface area contributed by atoms with Crippen molar-refractivity contribution in [2.45, 2.75) is 44.6 Å². The number of nitrogens with two attached hydrogens (primary N) is 1. The summed E-state index contributed by atoms with van der Waals surface area (Å²) in [5.41, 5.74) is 6.25. The van der Waals surface area contributed by atoms with E-state index in [1.54, 1.807) is 20.0 Å². The highest BCUT2D eigenvalue weighted by Crippen LogP contribution is 2.37. The Labute approximate surface area is 161 Å². The topological polar surface area (TPSA) is 122 Å². The normalized spacial score (nSPS) is 25.8. The quantitative estimate of drug-likeness (QED) is 0.502. The van der Waals surface area contributed by atoms with E-state index in [0.717, 1.165) is 3.57 Å². The summed E-state index contributed by atoms with van der Waals surface area (Å²) in [5, 5.41) is 10.1. The standard InChI is InChI=1S/C15H18FIN4O5/c1-6(2)24-15(23)26-11-8(4-22)25-14(10(11)16)21-3-7(17)9-12(18)19-5-20-13(9)21/h3,5-6,8,10-11,14,22H,4H2,1-2H3,(H2,18,19,20)/t8-,10?,11+,14-/m1/s1. The van der Waals surface area contributed by atoms with Gasteiger partial charge in [-0.15, -0.1) is 0 Å². The Kier molecular flexibility index (Phi) is 5.48. The van der Waals surface area contributed by atoms with Gasteiger partial charge in [0.2, 0.25) is 0 Å². The first kappa shape index (κ1) is 19.0. The molecule has 3 rings (SSSR count). The number of alkyl halides is 1. The maximum atomic E-state index is 15.0. The van der Waals surface area contributed by atoms with Crippen LogP contribution in [-0.2, 0) is 14.2 Å². The number of aromatic nitrogens is 3. The molecule has 1 aliphatic heterocycles. The van der Waals surface area contributed by atoms with Crippen molar-refractivity contribution in [1.29, 1.82) is 0 Å². The number of nitrogen functional groups attached to an aromatic ring is 1. The summed E-state index contributed by atoms with van der Waals surface area (Å²) in [6.07, 6.45) is -3.79. The van der Waals surface area contributed by atoms with Gasteiger partial charge in [0.25, 0.3) is 0 Å². The van der Waals surface area contributed by atoms with Gasteiger partial charge >= 0.3 is 6.16 Å². The molecule has 11 heteroatoms. The second kappa shape index (κ2) is 7.48. The number of aliphatic hydroxyl groups is 1. The van der Waals surface area contributed by atoms with Gasteiger partial charge in [0.05, 0.1) is 18.1 Å². The van der Waals surface area contributed by atoms with Crippen LogP contribution in [0.5, 0.6) is 0 Å². The third-order valence-corrected chi connectivity index (χ3v) is 4.70. The Bertz CT molecular complexity index is 817. The van der Waals surface area contributed by atoms with Crippen molar-refractivity contribution in [2.24, 2.45) is 0 Å². The Balaban J connectivity index is 1.90. The van der Waals surface area contributed by atoms with Gasteiger partial charge in [0.15, 0.2) is 18.5 Å². The molecule has 0 spiro atoms. The van der Waals surface area contributed by atoms with Crippen LogP contribution in [-0.4, -0.2) is 56.9 Å². The van der Waals surface area contributed by atoms with Crippen LogP contribution in [0, 0.1) is 3.57 Å². The van der Waals surface area contributed by atoms with Gasteiger partial charge in [0, 0.05) is 9.77 Å². The summed E-state index contributed by atoms with van der Waals surface area (Å²) < 4.78 is 32.7. The number of carbonyl (C=O) groups is 1. The maximum absolute atomic E-state index is 15.0. The summed E-state index contributed by atoms with van der Waals surface area (Å²) in [5.74, 6) is 0.263. The molecular weight excluding hydrogens is 462 g/mol. The van der Waals surface area contributed by atoms with E-state index in [2.05, 4.69) is 9.97 Å². The molecule has 3 N–H and O–H groups in total. The lowest BCUT2D eigenvalue weighted by molar-refractivity contribution is -0.0586. The highest BCUT2D eigenvalue weighted by atomic mass is 127. The molecule has 2 aromatic rings. The van der Waals surface area contributed by atoms with E-state index in [1.165, 1.54) is 10.9 Å². The number of fused-ring (bicyclic) bond motifs is 1. The average Bonchev–Trinajstić information content (AvgIpc) is 3.06. The largest absolute Gasteiger partial charge is 0.509 e. The lowest BCUT2D eigenvalue weighted by Gasteiger charge is -2.19. The Morgan fingerprint density at radius 3 is 2.92 bits per heavy atom. The number of hydrogen-bond acceptors (Lipinski definition) is 8. The first-order chi connectivity index (χ1) is 12.3. The number of halogens is 2. The highest BCUT2D eigenvalue weighted by molar-refractivity contribution is 14.1. The molecule has 9 nitrogen and oxygen atoms in total. The van der Waals surface area contributed by atoms with Gasteiger partial charge in [-0.3, -0.25) is 0 Å². The molecule has 1 saturated heterocycles. The van der Waals surface area contributed by atoms with Crippen LogP contribution in [0.4, 0.5) is 15.0 Å². The molecule has 0 amide bonds. The van der Waals surface area contributed by atoms with E-state index < -0.39 is 43.5 Å². The lowest BCUT2D eigenvalue weighted by Crippen LogP contribution is -2.36. The monoisotopic (exact) mass is 480 g/mol. The maximum Gasteiger partial charge on any atom is 0.509 e. The van der Waals surface area contributed by atoms with Crippen molar-refractivity contribution < 1.29 is 28.5 Å². The summed E-state index contributed by atoms with van der Waals surface area (Å²) in [4.78, 5) is 19.8. The van der Waals surface area contributed by atoms with Gasteiger partial charge in [-0.05, 0) is 36.4 Å². The van der Waals surface area contributed by atoms with Gasteiger partial charge in [-0.25, -0.2) is 19.2 Å². The summed E-state index contributed by atoms with van der Waals surface area (Å²) in [6, 6.07) is 0. The van der Waals surface area contributed by atoms with Crippen molar-refractivity contribution in [1.82, 2.24) is 14.5 Å². The molecular formula is C15H18FIN4O5. The molecule has 0 bridgehead atoms. The summed E-state index contributed by atoms with van der Waals surface area (Å²) >= 11 is 2.04. The number of aliphatic hydroxyl groups excluding tert-OH is 1. The number of ether oxygens (including phenoxy) is 3. The highest BCUT2D eigenvalue weighted by Gasteiger charge is 2.49. The SMILES string of the molecule is CC(C)OC(=O)O[C@@H]1C(F)[C@H](n2cc(I)c3c(N)ncnc32)O[C@@H]1CO. The molecule has 0 radical (unpaired) electrons. The van der Waals surface area contributed by atoms with Crippen molar-refractivity contribution in [3.63, 3.8) is 0 Å². The fraction of sp³-hybridized carbons (Fsp3) is 0.533. The Morgan fingerprint density at radius 2 is 2.27 bits per heavy atom. The van der Waals surface area contributed by atoms with Crippen LogP contribution >= 0.6 is 22.6 Å². The predicted molar refractivity (Wildman–Crippen MR) is 97.0 cm³/mol. The molecule has 4 atom stereocenters. The molecule has 1 unspecified atom stereocenters. The molecule has 142 valence electrons. The van der Waals surface area contributed by atoms with Crippen molar-refractivity contribution in [3.8, 4) is 0 Å². The van der Waals surface area contributed by atoms with E-state index in [0.29, 0.717) is 11.0 Å². The van der Waals surface area contributed by atoms with E-state index in [9.17, 15) is 9.90 Å². The number of nitrogens with zero attached hydrogens (tertiary/aromatic N) is 3. The van der Waals surface area contributed by atoms with E-state index in [-0.39, 0.29) is 5.82 Å². The first-order valence-corrected chi connectivity index (χ1v) is 8.95. The number of carbonyl (C=O) groups excluding carboxylic acids is 1. The zero-order valence-electron chi connectivity index (χ0n) is 14.0. The first-order valence-electron chi connectivity index (χ1n) is 7.87. The van der Waals surface area contributed by atoms with Gasteiger partial charge in [-0.2, -0.15) is 0 Å². The van der Waals surface area contributed by atoms with Crippen molar-refractivity contribution in [2.75, 3.05) is 12.3 Å². The smallest absolute Gasteiger partial charge is 0.432 e. The second-order valence-electron chi connectivity index (χ2n) is 6.03. The van der Waals surface area contributed by atoms with E-state index in [4.69, 9.17) is 19.9 Å². The number of anilines is 1. The molecule has 3 heterocycles.